The van der Waals surface area contributed by atoms with Gasteiger partial charge in [-0.25, -0.2) is 4.79 Å². The lowest BCUT2D eigenvalue weighted by Gasteiger charge is -2.29. The first-order valence-corrected chi connectivity index (χ1v) is 8.84. The Kier molecular flexibility index (Phi) is 16.9. The van der Waals surface area contributed by atoms with E-state index < -0.39 is 30.1 Å². The fourth-order valence-corrected chi connectivity index (χ4v) is 1.64. The normalized spacial score (nSPS) is 12.0. The first-order valence-electron chi connectivity index (χ1n) is 8.84. The van der Waals surface area contributed by atoms with Crippen LogP contribution in [0.3, 0.4) is 0 Å². The standard InChI is InChI=1S/C11H21NO5.C4H9N3O2.C2H5NO/c1-5-9(13)11(16)17-8(6-10(14)15)7-12(2,3)4;1-7(4(5)6)2-3(8)9;1-2(3)4/h8-9,13H,5-7H2,1-4H3;2H2,1H3,(H3,5,6)(H,8,9);1H3,(H2,3,4). The minimum Gasteiger partial charge on any atom is -0.550 e. The minimum absolute atomic E-state index is 0.227. The molecule has 0 aliphatic carbocycles. The maximum absolute atomic E-state index is 11.4. The molecule has 13 nitrogen and oxygen atoms in total. The summed E-state index contributed by atoms with van der Waals surface area (Å²) in [5.41, 5.74) is 9.40. The number of carbonyl (C=O) groups is 4. The molecular formula is C17H35N5O8. The molecule has 0 aliphatic rings. The number of carboxylic acid groups (broad SMARTS) is 2. The lowest BCUT2D eigenvalue weighted by molar-refractivity contribution is -0.873. The number of hydrogen-bond acceptors (Lipinski definition) is 8. The predicted molar refractivity (Wildman–Crippen MR) is 106 cm³/mol. The molecule has 0 fully saturated rings. The Labute approximate surface area is 176 Å². The second-order valence-electron chi connectivity index (χ2n) is 7.28. The molecule has 0 radical (unpaired) electrons. The van der Waals surface area contributed by atoms with Crippen LogP contribution in [-0.4, -0.2) is 103 Å². The maximum atomic E-state index is 11.4. The number of aliphatic carboxylic acids is 2. The number of nitrogens with two attached hydrogens (primary N) is 2. The molecule has 0 spiro atoms. The summed E-state index contributed by atoms with van der Waals surface area (Å²) >= 11 is 0. The first kappa shape index (κ1) is 31.8. The smallest absolute Gasteiger partial charge is 0.335 e. The van der Waals surface area contributed by atoms with Gasteiger partial charge in [-0.2, -0.15) is 0 Å². The molecule has 0 rings (SSSR count). The van der Waals surface area contributed by atoms with E-state index in [2.05, 4.69) is 5.73 Å². The van der Waals surface area contributed by atoms with Crippen LogP contribution in [-0.2, 0) is 23.9 Å². The molecule has 30 heavy (non-hydrogen) atoms. The van der Waals surface area contributed by atoms with Crippen LogP contribution in [0.15, 0.2) is 0 Å². The van der Waals surface area contributed by atoms with E-state index in [0.29, 0.717) is 11.0 Å². The van der Waals surface area contributed by atoms with Crippen molar-refractivity contribution in [2.45, 2.75) is 38.9 Å². The highest BCUT2D eigenvalue weighted by molar-refractivity contribution is 5.80. The van der Waals surface area contributed by atoms with Gasteiger partial charge in [0.05, 0.1) is 21.1 Å². The van der Waals surface area contributed by atoms with Crippen molar-refractivity contribution in [3.63, 3.8) is 0 Å². The molecule has 0 saturated carbocycles. The number of quaternary nitrogens is 1. The average molecular weight is 437 g/mol. The van der Waals surface area contributed by atoms with Crippen molar-refractivity contribution in [2.24, 2.45) is 11.5 Å². The number of primary amides is 1. The molecule has 176 valence electrons. The van der Waals surface area contributed by atoms with Crippen molar-refractivity contribution in [1.29, 1.82) is 5.41 Å². The summed E-state index contributed by atoms with van der Waals surface area (Å²) in [6.45, 7) is 3.06. The fraction of sp³-hybridized carbons (Fsp3) is 0.706. The van der Waals surface area contributed by atoms with Gasteiger partial charge in [0.1, 0.15) is 13.1 Å². The van der Waals surface area contributed by atoms with E-state index in [4.69, 9.17) is 21.0 Å². The van der Waals surface area contributed by atoms with Gasteiger partial charge < -0.3 is 45.7 Å². The van der Waals surface area contributed by atoms with Crippen molar-refractivity contribution in [1.82, 2.24) is 4.90 Å². The number of nitrogens with zero attached hydrogens (tertiary/aromatic N) is 2. The van der Waals surface area contributed by atoms with Gasteiger partial charge in [-0.3, -0.25) is 15.0 Å². The monoisotopic (exact) mass is 437 g/mol. The maximum Gasteiger partial charge on any atom is 0.335 e. The highest BCUT2D eigenvalue weighted by Crippen LogP contribution is 2.07. The van der Waals surface area contributed by atoms with E-state index in [1.807, 2.05) is 21.1 Å². The molecule has 7 N–H and O–H groups in total. The van der Waals surface area contributed by atoms with Crippen molar-refractivity contribution < 1.29 is 43.7 Å². The Bertz CT molecular complexity index is 573. The zero-order valence-electron chi connectivity index (χ0n) is 18.4. The number of nitrogens with one attached hydrogen (secondary N) is 1. The van der Waals surface area contributed by atoms with Crippen LogP contribution in [0.4, 0.5) is 0 Å². The van der Waals surface area contributed by atoms with Gasteiger partial charge in [0.2, 0.25) is 5.91 Å². The molecule has 2 unspecified atom stereocenters. The average Bonchev–Trinajstić information content (AvgIpc) is 2.50. The van der Waals surface area contributed by atoms with Crippen molar-refractivity contribution in [3.05, 3.63) is 0 Å². The Morgan fingerprint density at radius 1 is 1.20 bits per heavy atom. The van der Waals surface area contributed by atoms with Crippen molar-refractivity contribution in [2.75, 3.05) is 41.3 Å². The molecule has 2 atom stereocenters. The molecule has 0 aliphatic heterocycles. The summed E-state index contributed by atoms with van der Waals surface area (Å²) in [6, 6.07) is 0. The third kappa shape index (κ3) is 25.1. The molecule has 0 aromatic heterocycles. The molecule has 0 heterocycles. The van der Waals surface area contributed by atoms with Crippen molar-refractivity contribution >= 4 is 29.8 Å². The number of rotatable bonds is 9. The Morgan fingerprint density at radius 3 is 1.87 bits per heavy atom. The van der Waals surface area contributed by atoms with E-state index in [1.165, 1.54) is 14.0 Å². The SMILES string of the molecule is CC(N)=O.CCC(O)C(=O)OC(CC(=O)[O-])C[N+](C)(C)C.CN(CC(=O)O)C(=N)N. The lowest BCUT2D eigenvalue weighted by atomic mass is 10.2. The number of aliphatic hydroxyl groups excluding tert-OH is 1. The highest BCUT2D eigenvalue weighted by Gasteiger charge is 2.25. The van der Waals surface area contributed by atoms with Gasteiger partial charge in [-0.05, 0) is 6.42 Å². The number of guanidine groups is 1. The lowest BCUT2D eigenvalue weighted by Crippen LogP contribution is -2.46. The molecule has 1 amide bonds. The van der Waals surface area contributed by atoms with Gasteiger partial charge in [0.15, 0.2) is 18.2 Å². The highest BCUT2D eigenvalue weighted by atomic mass is 16.6. The van der Waals surface area contributed by atoms with E-state index in [1.54, 1.807) is 6.92 Å². The number of carboxylic acids is 2. The summed E-state index contributed by atoms with van der Waals surface area (Å²) in [7, 11) is 7.00. The Balaban J connectivity index is -0.000000466. The third-order valence-electron chi connectivity index (χ3n) is 2.87. The summed E-state index contributed by atoms with van der Waals surface area (Å²) in [5, 5.41) is 34.7. The van der Waals surface area contributed by atoms with Gasteiger partial charge in [0, 0.05) is 26.4 Å². The zero-order chi connectivity index (χ0) is 24.7. The fourth-order valence-electron chi connectivity index (χ4n) is 1.64. The molecule has 0 aromatic rings. The number of aliphatic hydroxyl groups is 1. The van der Waals surface area contributed by atoms with Gasteiger partial charge >= 0.3 is 11.9 Å². The number of esters is 1. The van der Waals surface area contributed by atoms with Crippen LogP contribution in [0.25, 0.3) is 0 Å². The summed E-state index contributed by atoms with van der Waals surface area (Å²) in [5.74, 6) is -3.63. The summed E-state index contributed by atoms with van der Waals surface area (Å²) in [6.07, 6.45) is -2.11. The predicted octanol–water partition coefficient (Wildman–Crippen LogP) is -3.10. The van der Waals surface area contributed by atoms with Gasteiger partial charge in [-0.15, -0.1) is 0 Å². The third-order valence-corrected chi connectivity index (χ3v) is 2.87. The number of carbonyl (C=O) groups excluding carboxylic acids is 3. The number of ether oxygens (including phenoxy) is 1. The molecule has 0 aromatic carbocycles. The van der Waals surface area contributed by atoms with Crippen LogP contribution in [0.5, 0.6) is 0 Å². The molecule has 0 saturated heterocycles. The van der Waals surface area contributed by atoms with Crippen LogP contribution in [0.1, 0.15) is 26.7 Å². The van der Waals surface area contributed by atoms with Crippen LogP contribution in [0, 0.1) is 5.41 Å². The number of amides is 1. The van der Waals surface area contributed by atoms with Crippen molar-refractivity contribution in [3.8, 4) is 0 Å². The van der Waals surface area contributed by atoms with E-state index >= 15 is 0 Å². The van der Waals surface area contributed by atoms with Crippen LogP contribution < -0.4 is 16.6 Å². The van der Waals surface area contributed by atoms with Crippen LogP contribution in [0.2, 0.25) is 0 Å². The molecule has 13 heteroatoms. The first-order chi connectivity index (χ1) is 13.4. The summed E-state index contributed by atoms with van der Waals surface area (Å²) < 4.78 is 5.42. The topological polar surface area (TPSA) is 220 Å². The van der Waals surface area contributed by atoms with E-state index in [9.17, 15) is 29.4 Å². The zero-order valence-corrected chi connectivity index (χ0v) is 18.4. The molecule has 0 bridgehead atoms. The quantitative estimate of drug-likeness (QED) is 0.106. The Hall–Kier alpha value is -2.93. The van der Waals surface area contributed by atoms with E-state index in [0.717, 1.165) is 4.90 Å². The second kappa shape index (κ2) is 15.9. The molecular weight excluding hydrogens is 402 g/mol. The largest absolute Gasteiger partial charge is 0.550 e. The van der Waals surface area contributed by atoms with Gasteiger partial charge in [0.25, 0.3) is 0 Å². The van der Waals surface area contributed by atoms with Gasteiger partial charge in [-0.1, -0.05) is 6.92 Å². The number of hydrogen-bond donors (Lipinski definition) is 5. The summed E-state index contributed by atoms with van der Waals surface area (Å²) in [4.78, 5) is 42.2. The minimum atomic E-state index is -1.28. The number of likely N-dealkylation sites (N-methyl/N-ethyl adjacent to an activating group) is 2. The second-order valence-corrected chi connectivity index (χ2v) is 7.28. The Morgan fingerprint density at radius 2 is 1.63 bits per heavy atom. The van der Waals surface area contributed by atoms with Crippen LogP contribution >= 0.6 is 0 Å². The van der Waals surface area contributed by atoms with E-state index in [-0.39, 0.29) is 31.3 Å².